The molecule has 1 aliphatic heterocycles. The van der Waals surface area contributed by atoms with Gasteiger partial charge in [0.15, 0.2) is 0 Å². The first-order chi connectivity index (χ1) is 8.90. The van der Waals surface area contributed by atoms with Crippen molar-refractivity contribution in [1.29, 1.82) is 0 Å². The fourth-order valence-corrected chi connectivity index (χ4v) is 2.83. The fraction of sp³-hybridized carbons (Fsp3) is 0.538. The average molecular weight is 337 g/mol. The largest absolute Gasteiger partial charge is 0.416 e. The highest BCUT2D eigenvalue weighted by Gasteiger charge is 2.31. The smallest absolute Gasteiger partial charge is 0.371 e. The molecule has 1 aliphatic rings. The van der Waals surface area contributed by atoms with Crippen LogP contribution in [0.2, 0.25) is 0 Å². The zero-order valence-electron chi connectivity index (χ0n) is 10.6. The van der Waals surface area contributed by atoms with Crippen molar-refractivity contribution in [2.75, 3.05) is 25.0 Å². The Morgan fingerprint density at radius 3 is 2.37 bits per heavy atom. The van der Waals surface area contributed by atoms with E-state index in [4.69, 9.17) is 0 Å². The Balaban J connectivity index is 2.19. The number of piperidine rings is 1. The summed E-state index contributed by atoms with van der Waals surface area (Å²) < 4.78 is 38.8. The summed E-state index contributed by atoms with van der Waals surface area (Å²) in [4.78, 5) is 2.01. The van der Waals surface area contributed by atoms with Gasteiger partial charge in [0, 0.05) is 29.3 Å². The summed E-state index contributed by atoms with van der Waals surface area (Å²) in [6, 6.07) is 4.55. The van der Waals surface area contributed by atoms with Gasteiger partial charge in [0.25, 0.3) is 0 Å². The molecule has 0 amide bonds. The minimum Gasteiger partial charge on any atom is -0.371 e. The fourth-order valence-electron chi connectivity index (χ4n) is 2.35. The number of nitrogens with zero attached hydrogens (tertiary/aromatic N) is 1. The van der Waals surface area contributed by atoms with Crippen LogP contribution in [0.25, 0.3) is 0 Å². The molecular formula is C13H16BrF3N2. The number of benzene rings is 1. The summed E-state index contributed by atoms with van der Waals surface area (Å²) in [5, 5.41) is 3.21. The van der Waals surface area contributed by atoms with Gasteiger partial charge in [-0.2, -0.15) is 13.2 Å². The second-order valence-corrected chi connectivity index (χ2v) is 5.66. The van der Waals surface area contributed by atoms with Gasteiger partial charge in [0.05, 0.1) is 5.56 Å². The highest BCUT2D eigenvalue weighted by molar-refractivity contribution is 9.10. The van der Waals surface area contributed by atoms with Crippen LogP contribution in [0.3, 0.4) is 0 Å². The van der Waals surface area contributed by atoms with Crippen LogP contribution in [0.4, 0.5) is 18.9 Å². The maximum Gasteiger partial charge on any atom is 0.416 e. The highest BCUT2D eigenvalue weighted by Crippen LogP contribution is 2.35. The van der Waals surface area contributed by atoms with E-state index < -0.39 is 11.7 Å². The van der Waals surface area contributed by atoms with Gasteiger partial charge in [0.1, 0.15) is 0 Å². The maximum atomic E-state index is 12.8. The molecule has 0 atom stereocenters. The molecule has 0 radical (unpaired) electrons. The number of halogens is 4. The van der Waals surface area contributed by atoms with E-state index >= 15 is 0 Å². The lowest BCUT2D eigenvalue weighted by Gasteiger charge is -2.33. The maximum absolute atomic E-state index is 12.8. The van der Waals surface area contributed by atoms with Crippen LogP contribution in [0, 0.1) is 0 Å². The van der Waals surface area contributed by atoms with E-state index in [-0.39, 0.29) is 0 Å². The van der Waals surface area contributed by atoms with Gasteiger partial charge < -0.3 is 10.2 Å². The summed E-state index contributed by atoms with van der Waals surface area (Å²) in [6.45, 7) is 1.55. The first kappa shape index (κ1) is 14.7. The second kappa shape index (κ2) is 5.71. The monoisotopic (exact) mass is 336 g/mol. The second-order valence-electron chi connectivity index (χ2n) is 4.75. The molecule has 1 heterocycles. The normalized spacial score (nSPS) is 17.8. The molecule has 0 aliphatic carbocycles. The average Bonchev–Trinajstić information content (AvgIpc) is 2.37. The summed E-state index contributed by atoms with van der Waals surface area (Å²) in [5.41, 5.74) is 0.0314. The number of rotatable bonds is 2. The molecule has 0 bridgehead atoms. The van der Waals surface area contributed by atoms with Gasteiger partial charge in [0.2, 0.25) is 0 Å². The van der Waals surface area contributed by atoms with Crippen molar-refractivity contribution >= 4 is 21.6 Å². The first-order valence-corrected chi connectivity index (χ1v) is 6.99. The van der Waals surface area contributed by atoms with Crippen molar-refractivity contribution < 1.29 is 13.2 Å². The molecule has 106 valence electrons. The van der Waals surface area contributed by atoms with Crippen molar-refractivity contribution in [3.8, 4) is 0 Å². The Hall–Kier alpha value is -0.750. The third kappa shape index (κ3) is 3.63. The molecule has 0 saturated carbocycles. The molecule has 1 aromatic carbocycles. The summed E-state index contributed by atoms with van der Waals surface area (Å²) in [5.74, 6) is 0. The zero-order chi connectivity index (χ0) is 14.0. The van der Waals surface area contributed by atoms with E-state index in [1.54, 1.807) is 6.07 Å². The number of nitrogens with one attached hydrogen (secondary N) is 1. The van der Waals surface area contributed by atoms with E-state index in [9.17, 15) is 13.2 Å². The van der Waals surface area contributed by atoms with Crippen LogP contribution in [0.15, 0.2) is 22.7 Å². The lowest BCUT2D eigenvalue weighted by atomic mass is 10.0. The Bertz CT molecular complexity index is 440. The topological polar surface area (TPSA) is 15.3 Å². The van der Waals surface area contributed by atoms with Crippen LogP contribution in [-0.2, 0) is 6.18 Å². The molecular weight excluding hydrogens is 321 g/mol. The number of hydrogen-bond donors (Lipinski definition) is 1. The van der Waals surface area contributed by atoms with Gasteiger partial charge in [-0.25, -0.2) is 0 Å². The summed E-state index contributed by atoms with van der Waals surface area (Å²) in [7, 11) is 1.92. The third-order valence-corrected chi connectivity index (χ3v) is 3.94. The number of anilines is 1. The lowest BCUT2D eigenvalue weighted by molar-refractivity contribution is -0.137. The van der Waals surface area contributed by atoms with Gasteiger partial charge in [-0.1, -0.05) is 15.9 Å². The van der Waals surface area contributed by atoms with Crippen LogP contribution in [-0.4, -0.2) is 26.2 Å². The van der Waals surface area contributed by atoms with E-state index in [0.29, 0.717) is 16.2 Å². The van der Waals surface area contributed by atoms with Gasteiger partial charge in [-0.05, 0) is 38.1 Å². The van der Waals surface area contributed by atoms with E-state index in [1.165, 1.54) is 6.07 Å². The quantitative estimate of drug-likeness (QED) is 0.886. The van der Waals surface area contributed by atoms with Gasteiger partial charge in [-0.3, -0.25) is 0 Å². The molecule has 1 fully saturated rings. The SMILES string of the molecule is CNC1CCN(c2cc(Br)cc(C(F)(F)F)c2)CC1. The predicted molar refractivity (Wildman–Crippen MR) is 73.4 cm³/mol. The standard InChI is InChI=1S/C13H16BrF3N2/c1-18-11-2-4-19(5-3-11)12-7-9(13(15,16)17)6-10(14)8-12/h6-8,11,18H,2-5H2,1H3. The van der Waals surface area contributed by atoms with E-state index in [0.717, 1.165) is 32.0 Å². The molecule has 1 N–H and O–H groups in total. The minimum atomic E-state index is -4.30. The van der Waals surface area contributed by atoms with Crippen molar-refractivity contribution in [3.63, 3.8) is 0 Å². The van der Waals surface area contributed by atoms with Gasteiger partial charge in [-0.15, -0.1) is 0 Å². The zero-order valence-corrected chi connectivity index (χ0v) is 12.2. The molecule has 1 aromatic rings. The van der Waals surface area contributed by atoms with Gasteiger partial charge >= 0.3 is 6.18 Å². The molecule has 0 spiro atoms. The highest BCUT2D eigenvalue weighted by atomic mass is 79.9. The van der Waals surface area contributed by atoms with E-state index in [2.05, 4.69) is 21.2 Å². The lowest BCUT2D eigenvalue weighted by Crippen LogP contribution is -2.41. The number of hydrogen-bond acceptors (Lipinski definition) is 2. The van der Waals surface area contributed by atoms with Crippen LogP contribution < -0.4 is 10.2 Å². The van der Waals surface area contributed by atoms with Crippen molar-refractivity contribution in [1.82, 2.24) is 5.32 Å². The summed E-state index contributed by atoms with van der Waals surface area (Å²) >= 11 is 3.16. The molecule has 0 unspecified atom stereocenters. The molecule has 2 rings (SSSR count). The molecule has 1 saturated heterocycles. The van der Waals surface area contributed by atoms with Crippen molar-refractivity contribution in [3.05, 3.63) is 28.2 Å². The predicted octanol–water partition coefficient (Wildman–Crippen LogP) is 3.66. The Kier molecular flexibility index (Phi) is 4.40. The Labute approximate surface area is 119 Å². The molecule has 6 heteroatoms. The third-order valence-electron chi connectivity index (χ3n) is 3.48. The molecule has 19 heavy (non-hydrogen) atoms. The van der Waals surface area contributed by atoms with Crippen LogP contribution in [0.5, 0.6) is 0 Å². The molecule has 2 nitrogen and oxygen atoms in total. The number of alkyl halides is 3. The minimum absolute atomic E-state index is 0.463. The first-order valence-electron chi connectivity index (χ1n) is 6.20. The summed E-state index contributed by atoms with van der Waals surface area (Å²) in [6.07, 6.45) is -2.41. The van der Waals surface area contributed by atoms with Crippen molar-refractivity contribution in [2.24, 2.45) is 0 Å². The Morgan fingerprint density at radius 1 is 1.21 bits per heavy atom. The van der Waals surface area contributed by atoms with Crippen molar-refractivity contribution in [2.45, 2.75) is 25.1 Å². The van der Waals surface area contributed by atoms with Crippen LogP contribution in [0.1, 0.15) is 18.4 Å². The van der Waals surface area contributed by atoms with Crippen LogP contribution >= 0.6 is 15.9 Å². The Morgan fingerprint density at radius 2 is 1.84 bits per heavy atom. The molecule has 0 aromatic heterocycles. The van der Waals surface area contributed by atoms with E-state index in [1.807, 2.05) is 11.9 Å².